The molecule has 0 rings (SSSR count). The number of ether oxygens (including phenoxy) is 1. The van der Waals surface area contributed by atoms with Crippen molar-refractivity contribution in [2.75, 3.05) is 6.61 Å². The maximum Gasteiger partial charge on any atom is 0.170 e. The fraction of sp³-hybridized carbons (Fsp3) is 0.957. The monoisotopic (exact) mass is 386 g/mol. The number of Topliss-reactive ketones (excluding diaryl/α,β-unsaturated/α-hetero) is 1. The Morgan fingerprint density at radius 2 is 1.44 bits per heavy atom. The molecule has 0 bridgehead atoms. The van der Waals surface area contributed by atoms with Crippen molar-refractivity contribution in [3.8, 4) is 0 Å². The Bertz CT molecular complexity index is 457. The summed E-state index contributed by atoms with van der Waals surface area (Å²) in [6.07, 6.45) is 4.30. The van der Waals surface area contributed by atoms with Gasteiger partial charge in [-0.3, -0.25) is 4.79 Å². The fourth-order valence-corrected chi connectivity index (χ4v) is 3.20. The third-order valence-corrected chi connectivity index (χ3v) is 6.83. The van der Waals surface area contributed by atoms with E-state index in [2.05, 4.69) is 34.6 Å². The average Bonchev–Trinajstić information content (AvgIpc) is 2.63. The number of carbonyl (C=O) groups excluding carboxylic acids is 1. The van der Waals surface area contributed by atoms with Gasteiger partial charge in [0.05, 0.1) is 18.3 Å². The van der Waals surface area contributed by atoms with E-state index >= 15 is 0 Å². The highest BCUT2D eigenvalue weighted by molar-refractivity contribution is 5.92. The smallest absolute Gasteiger partial charge is 0.170 e. The van der Waals surface area contributed by atoms with Crippen LogP contribution in [0.15, 0.2) is 0 Å². The molecule has 4 atom stereocenters. The number of carbonyl (C=O) groups is 1. The van der Waals surface area contributed by atoms with Gasteiger partial charge in [0.1, 0.15) is 5.60 Å². The molecule has 4 unspecified atom stereocenters. The van der Waals surface area contributed by atoms with Gasteiger partial charge in [-0.1, -0.05) is 54.9 Å². The Hall–Kier alpha value is -0.450. The molecule has 0 aliphatic carbocycles. The van der Waals surface area contributed by atoms with Gasteiger partial charge in [0.2, 0.25) is 0 Å². The lowest BCUT2D eigenvalue weighted by Crippen LogP contribution is -2.48. The molecule has 0 aromatic heterocycles. The van der Waals surface area contributed by atoms with Crippen molar-refractivity contribution in [2.45, 2.75) is 125 Å². The molecule has 0 aliphatic rings. The first-order chi connectivity index (χ1) is 12.2. The van der Waals surface area contributed by atoms with E-state index in [1.165, 1.54) is 0 Å². The number of hydrogen-bond donors (Lipinski definition) is 2. The maximum absolute atomic E-state index is 13.5. The second kappa shape index (κ2) is 10.4. The Morgan fingerprint density at radius 1 is 0.889 bits per heavy atom. The molecule has 0 spiro atoms. The second-order valence-electron chi connectivity index (χ2n) is 9.86. The summed E-state index contributed by atoms with van der Waals surface area (Å²) in [6, 6.07) is 0. The molecule has 4 heteroatoms. The minimum Gasteiger partial charge on any atom is -0.391 e. The predicted octanol–water partition coefficient (Wildman–Crippen LogP) is 5.29. The molecule has 0 saturated carbocycles. The zero-order valence-electron chi connectivity index (χ0n) is 19.4. The van der Waals surface area contributed by atoms with Crippen LogP contribution in [0.3, 0.4) is 0 Å². The van der Waals surface area contributed by atoms with E-state index in [0.717, 1.165) is 25.7 Å². The molecule has 0 radical (unpaired) electrons. The molecule has 0 aromatic rings. The third kappa shape index (κ3) is 8.21. The summed E-state index contributed by atoms with van der Waals surface area (Å²) >= 11 is 0. The highest BCUT2D eigenvalue weighted by Crippen LogP contribution is 2.40. The zero-order valence-corrected chi connectivity index (χ0v) is 19.4. The summed E-state index contributed by atoms with van der Waals surface area (Å²) < 4.78 is 5.99. The maximum atomic E-state index is 13.5. The first kappa shape index (κ1) is 26.6. The van der Waals surface area contributed by atoms with Crippen molar-refractivity contribution in [1.82, 2.24) is 0 Å². The van der Waals surface area contributed by atoms with Crippen LogP contribution in [-0.4, -0.2) is 39.9 Å². The molecule has 0 fully saturated rings. The van der Waals surface area contributed by atoms with Crippen LogP contribution >= 0.6 is 0 Å². The van der Waals surface area contributed by atoms with Gasteiger partial charge >= 0.3 is 0 Å². The summed E-state index contributed by atoms with van der Waals surface area (Å²) in [5.41, 5.74) is -2.04. The number of aliphatic hydroxyl groups excluding tert-OH is 1. The van der Waals surface area contributed by atoms with E-state index in [0.29, 0.717) is 12.8 Å². The van der Waals surface area contributed by atoms with Crippen LogP contribution in [0.5, 0.6) is 0 Å². The van der Waals surface area contributed by atoms with Crippen LogP contribution in [0.25, 0.3) is 0 Å². The number of aliphatic hydroxyl groups is 2. The van der Waals surface area contributed by atoms with Crippen LogP contribution in [0, 0.1) is 10.8 Å². The quantitative estimate of drug-likeness (QED) is 0.426. The lowest BCUT2D eigenvalue weighted by molar-refractivity contribution is -0.159. The Labute approximate surface area is 168 Å². The predicted molar refractivity (Wildman–Crippen MR) is 113 cm³/mol. The topological polar surface area (TPSA) is 66.8 Å². The van der Waals surface area contributed by atoms with Gasteiger partial charge in [-0.05, 0) is 51.4 Å². The van der Waals surface area contributed by atoms with E-state index in [4.69, 9.17) is 4.74 Å². The van der Waals surface area contributed by atoms with Gasteiger partial charge < -0.3 is 14.9 Å². The first-order valence-electron chi connectivity index (χ1n) is 10.8. The highest BCUT2D eigenvalue weighted by Gasteiger charge is 2.44. The molecule has 0 heterocycles. The average molecular weight is 387 g/mol. The molecule has 0 saturated heterocycles. The van der Waals surface area contributed by atoms with E-state index in [-0.39, 0.29) is 24.2 Å². The normalized spacial score (nSPS) is 20.4. The Balaban J connectivity index is 5.14. The van der Waals surface area contributed by atoms with Crippen molar-refractivity contribution in [3.05, 3.63) is 0 Å². The zero-order chi connectivity index (χ0) is 21.5. The standard InChI is InChI=1S/C23H46O4/c1-10-20(5,6)14-15-21(7,11-2)19(25)23(9,13-4)27-17-18(24)16-22(8,26)12-3/h18,24,26H,10-17H2,1-9H3. The molecule has 4 nitrogen and oxygen atoms in total. The van der Waals surface area contributed by atoms with E-state index in [1.807, 2.05) is 20.8 Å². The molecule has 2 N–H and O–H groups in total. The first-order valence-corrected chi connectivity index (χ1v) is 10.8. The third-order valence-electron chi connectivity index (χ3n) is 6.83. The van der Waals surface area contributed by atoms with Gasteiger partial charge in [-0.2, -0.15) is 0 Å². The highest BCUT2D eigenvalue weighted by atomic mass is 16.5. The Kier molecular flexibility index (Phi) is 10.2. The van der Waals surface area contributed by atoms with Crippen LogP contribution < -0.4 is 0 Å². The van der Waals surface area contributed by atoms with Crippen molar-refractivity contribution in [2.24, 2.45) is 10.8 Å². The van der Waals surface area contributed by atoms with Crippen molar-refractivity contribution < 1.29 is 19.7 Å². The van der Waals surface area contributed by atoms with E-state index < -0.39 is 22.7 Å². The SMILES string of the molecule is CCC(C)(C)CCC(C)(CC)C(=O)C(C)(CC)OCC(O)CC(C)(O)CC. The van der Waals surface area contributed by atoms with Crippen LogP contribution in [0.1, 0.15) is 107 Å². The fourth-order valence-electron chi connectivity index (χ4n) is 3.20. The van der Waals surface area contributed by atoms with Crippen molar-refractivity contribution in [1.29, 1.82) is 0 Å². The number of rotatable bonds is 14. The summed E-state index contributed by atoms with van der Waals surface area (Å²) in [7, 11) is 0. The second-order valence-corrected chi connectivity index (χ2v) is 9.86. The lowest BCUT2D eigenvalue weighted by atomic mass is 9.69. The summed E-state index contributed by atoms with van der Waals surface area (Å²) in [5, 5.41) is 20.4. The molecule has 0 aromatic carbocycles. The van der Waals surface area contributed by atoms with Gasteiger partial charge in [-0.25, -0.2) is 0 Å². The largest absolute Gasteiger partial charge is 0.391 e. The van der Waals surface area contributed by atoms with Gasteiger partial charge in [0.15, 0.2) is 5.78 Å². The molecule has 162 valence electrons. The van der Waals surface area contributed by atoms with Gasteiger partial charge in [-0.15, -0.1) is 0 Å². The van der Waals surface area contributed by atoms with Gasteiger partial charge in [0.25, 0.3) is 0 Å². The minimum atomic E-state index is -0.918. The lowest BCUT2D eigenvalue weighted by Gasteiger charge is -2.39. The van der Waals surface area contributed by atoms with Crippen molar-refractivity contribution >= 4 is 5.78 Å². The van der Waals surface area contributed by atoms with Crippen LogP contribution in [0.4, 0.5) is 0 Å². The van der Waals surface area contributed by atoms with E-state index in [1.54, 1.807) is 6.92 Å². The molecular weight excluding hydrogens is 340 g/mol. The summed E-state index contributed by atoms with van der Waals surface area (Å²) in [6.45, 7) is 18.3. The van der Waals surface area contributed by atoms with Crippen LogP contribution in [0.2, 0.25) is 0 Å². The minimum absolute atomic E-state index is 0.0620. The Morgan fingerprint density at radius 3 is 1.85 bits per heavy atom. The summed E-state index contributed by atoms with van der Waals surface area (Å²) in [5.74, 6) is 0.126. The number of hydrogen-bond acceptors (Lipinski definition) is 4. The molecular formula is C23H46O4. The van der Waals surface area contributed by atoms with Crippen molar-refractivity contribution in [3.63, 3.8) is 0 Å². The molecule has 27 heavy (non-hydrogen) atoms. The summed E-state index contributed by atoms with van der Waals surface area (Å²) in [4.78, 5) is 13.5. The van der Waals surface area contributed by atoms with Gasteiger partial charge in [0, 0.05) is 11.8 Å². The van der Waals surface area contributed by atoms with E-state index in [9.17, 15) is 15.0 Å². The molecule has 0 aliphatic heterocycles. The number of ketones is 1. The van der Waals surface area contributed by atoms with Crippen LogP contribution in [-0.2, 0) is 9.53 Å². The molecule has 0 amide bonds.